The van der Waals surface area contributed by atoms with Gasteiger partial charge in [-0.3, -0.25) is 4.79 Å². The number of hydrogen-bond acceptors (Lipinski definition) is 3. The number of nitrogens with zero attached hydrogens (tertiary/aromatic N) is 2. The number of aliphatic imine (C=N–C) groups is 1. The number of carbonyl (C=O) groups is 1. The minimum atomic E-state index is -0.203. The molecule has 2 N–H and O–H groups in total. The largest absolute Gasteiger partial charge is 0.357 e. The first-order valence-electron chi connectivity index (χ1n) is 10.9. The minimum absolute atomic E-state index is 0. The maximum Gasteiger partial charge on any atom is 0.222 e. The highest BCUT2D eigenvalue weighted by molar-refractivity contribution is 14.0. The van der Waals surface area contributed by atoms with Crippen LogP contribution in [0.1, 0.15) is 37.3 Å². The fourth-order valence-electron chi connectivity index (χ4n) is 3.45. The molecule has 0 atom stereocenters. The van der Waals surface area contributed by atoms with Crippen LogP contribution in [0, 0.1) is 5.82 Å². The Balaban J connectivity index is 0.00000363. The van der Waals surface area contributed by atoms with Crippen molar-refractivity contribution in [3.05, 3.63) is 65.5 Å². The zero-order valence-corrected chi connectivity index (χ0v) is 21.6. The molecule has 0 unspecified atom stereocenters. The summed E-state index contributed by atoms with van der Waals surface area (Å²) in [6.45, 7) is 5.72. The first-order chi connectivity index (χ1) is 15.2. The van der Waals surface area contributed by atoms with Crippen LogP contribution in [-0.2, 0) is 17.9 Å². The van der Waals surface area contributed by atoms with Crippen molar-refractivity contribution in [2.75, 3.05) is 25.4 Å². The van der Waals surface area contributed by atoms with Crippen LogP contribution in [0.25, 0.3) is 0 Å². The Morgan fingerprint density at radius 2 is 1.88 bits per heavy atom. The topological polar surface area (TPSA) is 56.7 Å². The summed E-state index contributed by atoms with van der Waals surface area (Å²) in [5, 5.41) is 6.68. The predicted molar refractivity (Wildman–Crippen MR) is 141 cm³/mol. The summed E-state index contributed by atoms with van der Waals surface area (Å²) in [6, 6.07) is 14.8. The summed E-state index contributed by atoms with van der Waals surface area (Å²) in [7, 11) is 0. The Morgan fingerprint density at radius 3 is 2.56 bits per heavy atom. The minimum Gasteiger partial charge on any atom is -0.357 e. The lowest BCUT2D eigenvalue weighted by Crippen LogP contribution is -2.37. The van der Waals surface area contributed by atoms with Crippen LogP contribution in [0.3, 0.4) is 0 Å². The van der Waals surface area contributed by atoms with Crippen molar-refractivity contribution >= 4 is 47.6 Å². The second-order valence-electron chi connectivity index (χ2n) is 7.47. The molecular weight excluding hydrogens is 538 g/mol. The maximum atomic E-state index is 13.0. The zero-order valence-electron chi connectivity index (χ0n) is 18.5. The molecule has 1 aliphatic heterocycles. The van der Waals surface area contributed by atoms with Gasteiger partial charge in [0.15, 0.2) is 5.96 Å². The Labute approximate surface area is 211 Å². The summed E-state index contributed by atoms with van der Waals surface area (Å²) in [5.74, 6) is 1.78. The van der Waals surface area contributed by atoms with Gasteiger partial charge in [-0.1, -0.05) is 24.3 Å². The number of likely N-dealkylation sites (tertiary alicyclic amines) is 1. The van der Waals surface area contributed by atoms with Gasteiger partial charge in [0.1, 0.15) is 5.82 Å². The van der Waals surface area contributed by atoms with Crippen LogP contribution in [0.4, 0.5) is 4.39 Å². The number of carbonyl (C=O) groups excluding carboxylic acids is 1. The quantitative estimate of drug-likeness (QED) is 0.142. The van der Waals surface area contributed by atoms with Crippen LogP contribution in [-0.4, -0.2) is 42.2 Å². The highest BCUT2D eigenvalue weighted by atomic mass is 127. The number of halogens is 2. The van der Waals surface area contributed by atoms with Crippen molar-refractivity contribution in [1.29, 1.82) is 0 Å². The fourth-order valence-corrected chi connectivity index (χ4v) is 4.30. The molecule has 1 heterocycles. The molecule has 1 aliphatic rings. The first-order valence-corrected chi connectivity index (χ1v) is 11.9. The monoisotopic (exact) mass is 570 g/mol. The lowest BCUT2D eigenvalue weighted by molar-refractivity contribution is -0.128. The fraction of sp³-hybridized carbons (Fsp3) is 0.417. The molecular formula is C24H32FIN4OS. The van der Waals surface area contributed by atoms with Crippen molar-refractivity contribution in [2.24, 2.45) is 4.99 Å². The smallest absolute Gasteiger partial charge is 0.222 e. The van der Waals surface area contributed by atoms with E-state index in [2.05, 4.69) is 29.7 Å². The Bertz CT molecular complexity index is 879. The molecule has 3 rings (SSSR count). The summed E-state index contributed by atoms with van der Waals surface area (Å²) in [6.07, 6.45) is 2.58. The van der Waals surface area contributed by atoms with E-state index in [-0.39, 0.29) is 35.7 Å². The number of benzene rings is 2. The molecule has 0 radical (unpaired) electrons. The van der Waals surface area contributed by atoms with Gasteiger partial charge in [-0.05, 0) is 60.9 Å². The third kappa shape index (κ3) is 8.61. The number of amides is 1. The number of hydrogen-bond donors (Lipinski definition) is 2. The lowest BCUT2D eigenvalue weighted by Gasteiger charge is -2.18. The molecule has 174 valence electrons. The predicted octanol–water partition coefficient (Wildman–Crippen LogP) is 4.80. The van der Waals surface area contributed by atoms with E-state index in [0.29, 0.717) is 19.5 Å². The molecule has 32 heavy (non-hydrogen) atoms. The molecule has 0 saturated carbocycles. The number of nitrogens with one attached hydrogen (secondary N) is 2. The second-order valence-corrected chi connectivity index (χ2v) is 8.63. The van der Waals surface area contributed by atoms with E-state index in [1.54, 1.807) is 11.8 Å². The van der Waals surface area contributed by atoms with Gasteiger partial charge in [0.2, 0.25) is 5.91 Å². The molecule has 1 fully saturated rings. The van der Waals surface area contributed by atoms with Crippen molar-refractivity contribution in [1.82, 2.24) is 15.5 Å². The highest BCUT2D eigenvalue weighted by Gasteiger charge is 2.20. The van der Waals surface area contributed by atoms with E-state index in [4.69, 9.17) is 4.99 Å². The summed E-state index contributed by atoms with van der Waals surface area (Å²) >= 11 is 1.72. The van der Waals surface area contributed by atoms with Crippen molar-refractivity contribution in [3.63, 3.8) is 0 Å². The zero-order chi connectivity index (χ0) is 21.9. The van der Waals surface area contributed by atoms with E-state index in [1.165, 1.54) is 12.1 Å². The van der Waals surface area contributed by atoms with Gasteiger partial charge in [0, 0.05) is 37.5 Å². The summed E-state index contributed by atoms with van der Waals surface area (Å²) in [4.78, 5) is 19.7. The summed E-state index contributed by atoms with van der Waals surface area (Å²) in [5.41, 5.74) is 2.30. The van der Waals surface area contributed by atoms with E-state index >= 15 is 0 Å². The molecule has 8 heteroatoms. The van der Waals surface area contributed by atoms with Crippen LogP contribution in [0.5, 0.6) is 0 Å². The van der Waals surface area contributed by atoms with Crippen LogP contribution < -0.4 is 10.6 Å². The molecule has 0 aromatic heterocycles. The lowest BCUT2D eigenvalue weighted by atomic mass is 10.1. The molecule has 0 spiro atoms. The molecule has 1 saturated heterocycles. The normalized spacial score (nSPS) is 13.8. The summed E-state index contributed by atoms with van der Waals surface area (Å²) < 4.78 is 13.0. The van der Waals surface area contributed by atoms with E-state index in [0.717, 1.165) is 60.2 Å². The van der Waals surface area contributed by atoms with Crippen molar-refractivity contribution < 1.29 is 9.18 Å². The SMILES string of the molecule is CCNC(=NCc1ccccc1CN1CCCC1=O)NCCCSc1ccc(F)cc1.I. The molecule has 2 aromatic carbocycles. The van der Waals surface area contributed by atoms with Gasteiger partial charge < -0.3 is 15.5 Å². The third-order valence-electron chi connectivity index (χ3n) is 5.10. The van der Waals surface area contributed by atoms with Crippen LogP contribution >= 0.6 is 35.7 Å². The number of rotatable bonds is 10. The van der Waals surface area contributed by atoms with Crippen LogP contribution in [0.15, 0.2) is 58.4 Å². The van der Waals surface area contributed by atoms with Gasteiger partial charge in [-0.25, -0.2) is 9.38 Å². The average molecular weight is 571 g/mol. The molecule has 2 aromatic rings. The van der Waals surface area contributed by atoms with Gasteiger partial charge in [-0.2, -0.15) is 0 Å². The van der Waals surface area contributed by atoms with Crippen molar-refractivity contribution in [3.8, 4) is 0 Å². The highest BCUT2D eigenvalue weighted by Crippen LogP contribution is 2.19. The Morgan fingerprint density at radius 1 is 1.12 bits per heavy atom. The van der Waals surface area contributed by atoms with E-state index < -0.39 is 0 Å². The maximum absolute atomic E-state index is 13.0. The molecule has 1 amide bonds. The van der Waals surface area contributed by atoms with Crippen LogP contribution in [0.2, 0.25) is 0 Å². The Hall–Kier alpha value is -1.81. The van der Waals surface area contributed by atoms with E-state index in [9.17, 15) is 9.18 Å². The number of guanidine groups is 1. The Kier molecular flexibility index (Phi) is 11.9. The molecule has 5 nitrogen and oxygen atoms in total. The first kappa shape index (κ1) is 26.4. The number of thioether (sulfide) groups is 1. The molecule has 0 aliphatic carbocycles. The van der Waals surface area contributed by atoms with Gasteiger partial charge in [0.25, 0.3) is 0 Å². The second kappa shape index (κ2) is 14.4. The van der Waals surface area contributed by atoms with E-state index in [1.807, 2.05) is 29.2 Å². The average Bonchev–Trinajstić information content (AvgIpc) is 3.18. The van der Waals surface area contributed by atoms with Crippen molar-refractivity contribution in [2.45, 2.75) is 44.2 Å². The third-order valence-corrected chi connectivity index (χ3v) is 6.20. The van der Waals surface area contributed by atoms with Gasteiger partial charge >= 0.3 is 0 Å². The van der Waals surface area contributed by atoms with Gasteiger partial charge in [0.05, 0.1) is 6.54 Å². The van der Waals surface area contributed by atoms with Gasteiger partial charge in [-0.15, -0.1) is 35.7 Å². The molecule has 0 bridgehead atoms. The standard InChI is InChI=1S/C24H31FN4OS.HI/c1-2-26-24(27-14-6-16-31-22-12-10-21(25)11-13-22)28-17-19-7-3-4-8-20(19)18-29-15-5-9-23(29)30;/h3-4,7-8,10-13H,2,5-6,9,14-18H2,1H3,(H2,26,27,28);1H.